The van der Waals surface area contributed by atoms with Crippen LogP contribution in [-0.2, 0) is 22.5 Å². The molecule has 0 atom stereocenters. The summed E-state index contributed by atoms with van der Waals surface area (Å²) < 4.78 is 11.1. The fraction of sp³-hybridized carbons (Fsp3) is 0.400. The van der Waals surface area contributed by atoms with Crippen LogP contribution in [0.5, 0.6) is 0 Å². The van der Waals surface area contributed by atoms with E-state index in [0.29, 0.717) is 5.69 Å². The van der Waals surface area contributed by atoms with E-state index in [1.165, 1.54) is 17.9 Å². The Morgan fingerprint density at radius 1 is 1.50 bits per heavy atom. The molecular formula is C10H11N5O5. The van der Waals surface area contributed by atoms with Gasteiger partial charge >= 0.3 is 11.8 Å². The molecule has 10 heteroatoms. The van der Waals surface area contributed by atoms with Crippen molar-refractivity contribution < 1.29 is 18.9 Å². The number of aryl methyl sites for hydroxylation is 1. The Hall–Kier alpha value is -2.78. The number of esters is 1. The van der Waals surface area contributed by atoms with Crippen molar-refractivity contribution in [2.75, 3.05) is 7.11 Å². The van der Waals surface area contributed by atoms with Crippen LogP contribution >= 0.6 is 0 Å². The number of aromatic nitrogens is 4. The van der Waals surface area contributed by atoms with Gasteiger partial charge in [0.1, 0.15) is 13.0 Å². The van der Waals surface area contributed by atoms with Crippen LogP contribution < -0.4 is 0 Å². The second-order valence-electron chi connectivity index (χ2n) is 3.90. The first-order valence-corrected chi connectivity index (χ1v) is 5.56. The zero-order chi connectivity index (χ0) is 14.7. The van der Waals surface area contributed by atoms with Gasteiger partial charge in [-0.15, -0.1) is 10.2 Å². The van der Waals surface area contributed by atoms with Crippen LogP contribution in [0.25, 0.3) is 0 Å². The van der Waals surface area contributed by atoms with Crippen molar-refractivity contribution >= 4 is 11.8 Å². The van der Waals surface area contributed by atoms with Crippen LogP contribution in [0.3, 0.4) is 0 Å². The van der Waals surface area contributed by atoms with Gasteiger partial charge in [-0.05, 0) is 11.8 Å². The number of nitro groups is 1. The molecule has 2 aromatic heterocycles. The highest BCUT2D eigenvalue weighted by atomic mass is 16.6. The topological polar surface area (TPSA) is 126 Å². The molecule has 0 saturated heterocycles. The monoisotopic (exact) mass is 281 g/mol. The molecule has 20 heavy (non-hydrogen) atoms. The predicted octanol–water partition coefficient (Wildman–Crippen LogP) is 0.247. The first-order chi connectivity index (χ1) is 9.49. The normalized spacial score (nSPS) is 10.5. The molecule has 0 aliphatic rings. The fourth-order valence-corrected chi connectivity index (χ4v) is 1.49. The molecule has 10 nitrogen and oxygen atoms in total. The summed E-state index contributed by atoms with van der Waals surface area (Å²) in [4.78, 5) is 21.1. The highest BCUT2D eigenvalue weighted by molar-refractivity contribution is 5.70. The summed E-state index contributed by atoms with van der Waals surface area (Å²) in [7, 11) is 1.26. The molecule has 0 fully saturated rings. The van der Waals surface area contributed by atoms with E-state index in [4.69, 9.17) is 4.42 Å². The van der Waals surface area contributed by atoms with E-state index in [2.05, 4.69) is 20.0 Å². The molecule has 2 heterocycles. The molecule has 0 spiro atoms. The van der Waals surface area contributed by atoms with Crippen molar-refractivity contribution in [1.29, 1.82) is 0 Å². The number of hydrogen-bond acceptors (Lipinski definition) is 8. The summed E-state index contributed by atoms with van der Waals surface area (Å²) >= 11 is 0. The number of carbonyl (C=O) groups is 1. The van der Waals surface area contributed by atoms with Gasteiger partial charge in [0.2, 0.25) is 11.8 Å². The van der Waals surface area contributed by atoms with Crippen molar-refractivity contribution in [1.82, 2.24) is 20.0 Å². The summed E-state index contributed by atoms with van der Waals surface area (Å²) in [6.45, 7) is 1.76. The maximum Gasteiger partial charge on any atom is 0.390 e. The van der Waals surface area contributed by atoms with E-state index >= 15 is 0 Å². The number of rotatable bonds is 5. The number of nitrogens with zero attached hydrogens (tertiary/aromatic N) is 5. The Labute approximate surface area is 112 Å². The van der Waals surface area contributed by atoms with E-state index in [9.17, 15) is 14.9 Å². The van der Waals surface area contributed by atoms with Gasteiger partial charge in [0, 0.05) is 0 Å². The molecule has 0 unspecified atom stereocenters. The minimum atomic E-state index is -0.583. The third-order valence-electron chi connectivity index (χ3n) is 2.47. The lowest BCUT2D eigenvalue weighted by Crippen LogP contribution is -2.05. The van der Waals surface area contributed by atoms with E-state index < -0.39 is 10.9 Å². The Bertz CT molecular complexity index is 646. The number of ether oxygens (including phenoxy) is 1. The van der Waals surface area contributed by atoms with Crippen LogP contribution in [-0.4, -0.2) is 38.0 Å². The molecule has 106 valence electrons. The quantitative estimate of drug-likeness (QED) is 0.433. The van der Waals surface area contributed by atoms with Crippen molar-refractivity contribution in [2.24, 2.45) is 0 Å². The van der Waals surface area contributed by atoms with Gasteiger partial charge in [-0.1, -0.05) is 0 Å². The molecule has 0 aliphatic carbocycles. The third-order valence-corrected chi connectivity index (χ3v) is 2.47. The van der Waals surface area contributed by atoms with Gasteiger partial charge in [-0.2, -0.15) is 4.68 Å². The van der Waals surface area contributed by atoms with Crippen molar-refractivity contribution in [2.45, 2.75) is 19.9 Å². The SMILES string of the molecule is COC(=O)Cc1nnc(Cn2nc([N+](=O)[O-])cc2C)o1. The van der Waals surface area contributed by atoms with Crippen molar-refractivity contribution in [3.8, 4) is 0 Å². The zero-order valence-electron chi connectivity index (χ0n) is 10.8. The predicted molar refractivity (Wildman–Crippen MR) is 62.7 cm³/mol. The van der Waals surface area contributed by atoms with E-state index in [0.717, 1.165) is 0 Å². The Morgan fingerprint density at radius 2 is 2.20 bits per heavy atom. The second-order valence-corrected chi connectivity index (χ2v) is 3.90. The molecule has 2 rings (SSSR count). The van der Waals surface area contributed by atoms with Gasteiger partial charge in [0.25, 0.3) is 0 Å². The molecule has 0 bridgehead atoms. The van der Waals surface area contributed by atoms with Crippen LogP contribution in [0.4, 0.5) is 5.82 Å². The van der Waals surface area contributed by atoms with Gasteiger partial charge in [0.15, 0.2) is 0 Å². The summed E-state index contributed by atoms with van der Waals surface area (Å²) in [6, 6.07) is 1.34. The minimum absolute atomic E-state index is 0.0911. The standard InChI is InChI=1S/C10H11N5O5/c1-6-3-7(15(17)18)13-14(6)5-9-12-11-8(20-9)4-10(16)19-2/h3H,4-5H2,1-2H3. The first kappa shape index (κ1) is 13.6. The van der Waals surface area contributed by atoms with Crippen LogP contribution in [0.2, 0.25) is 0 Å². The van der Waals surface area contributed by atoms with E-state index in [-0.39, 0.29) is 30.6 Å². The van der Waals surface area contributed by atoms with Gasteiger partial charge < -0.3 is 19.3 Å². The zero-order valence-corrected chi connectivity index (χ0v) is 10.8. The minimum Gasteiger partial charge on any atom is -0.469 e. The lowest BCUT2D eigenvalue weighted by Gasteiger charge is -1.94. The van der Waals surface area contributed by atoms with Crippen LogP contribution in [0.15, 0.2) is 10.5 Å². The maximum absolute atomic E-state index is 11.0. The molecule has 0 radical (unpaired) electrons. The molecule has 2 aromatic rings. The van der Waals surface area contributed by atoms with Crippen LogP contribution in [0, 0.1) is 17.0 Å². The highest BCUT2D eigenvalue weighted by Crippen LogP contribution is 2.12. The van der Waals surface area contributed by atoms with Crippen molar-refractivity contribution in [3.05, 3.63) is 33.7 Å². The van der Waals surface area contributed by atoms with Crippen LogP contribution in [0.1, 0.15) is 17.5 Å². The average molecular weight is 281 g/mol. The number of hydrogen-bond donors (Lipinski definition) is 0. The number of carbonyl (C=O) groups excluding carboxylic acids is 1. The molecule has 0 saturated carbocycles. The Kier molecular flexibility index (Phi) is 3.73. The molecule has 0 aliphatic heterocycles. The largest absolute Gasteiger partial charge is 0.469 e. The van der Waals surface area contributed by atoms with Gasteiger partial charge in [-0.3, -0.25) is 4.79 Å². The first-order valence-electron chi connectivity index (χ1n) is 5.56. The molecule has 0 aromatic carbocycles. The summed E-state index contributed by atoms with van der Waals surface area (Å²) in [6.07, 6.45) is -0.123. The summed E-state index contributed by atoms with van der Waals surface area (Å²) in [5, 5.41) is 21.8. The highest BCUT2D eigenvalue weighted by Gasteiger charge is 2.18. The summed E-state index contributed by atoms with van der Waals surface area (Å²) in [5.74, 6) is -0.431. The Morgan fingerprint density at radius 3 is 2.80 bits per heavy atom. The fourth-order valence-electron chi connectivity index (χ4n) is 1.49. The number of methoxy groups -OCH3 is 1. The molecular weight excluding hydrogens is 270 g/mol. The average Bonchev–Trinajstić information content (AvgIpc) is 2.98. The smallest absolute Gasteiger partial charge is 0.390 e. The second kappa shape index (κ2) is 5.47. The lowest BCUT2D eigenvalue weighted by atomic mass is 10.4. The maximum atomic E-state index is 11.0. The molecule has 0 N–H and O–H groups in total. The lowest BCUT2D eigenvalue weighted by molar-refractivity contribution is -0.389. The van der Waals surface area contributed by atoms with Crippen molar-refractivity contribution in [3.63, 3.8) is 0 Å². The molecule has 0 amide bonds. The van der Waals surface area contributed by atoms with Gasteiger partial charge in [-0.25, -0.2) is 0 Å². The summed E-state index contributed by atoms with van der Waals surface area (Å²) in [5.41, 5.74) is 0.587. The van der Waals surface area contributed by atoms with E-state index in [1.807, 2.05) is 0 Å². The van der Waals surface area contributed by atoms with Gasteiger partial charge in [0.05, 0.1) is 24.0 Å². The third kappa shape index (κ3) is 2.96. The van der Waals surface area contributed by atoms with E-state index in [1.54, 1.807) is 6.92 Å². The Balaban J connectivity index is 2.10.